The Labute approximate surface area is 186 Å². The minimum atomic E-state index is -4.01. The van der Waals surface area contributed by atoms with Crippen molar-refractivity contribution in [2.24, 2.45) is 0 Å². The summed E-state index contributed by atoms with van der Waals surface area (Å²) in [5.74, 6) is -2.33. The molecular weight excluding hydrogens is 539 g/mol. The second-order valence-electron chi connectivity index (χ2n) is 6.50. The van der Waals surface area contributed by atoms with Crippen molar-refractivity contribution in [3.05, 3.63) is 50.6 Å². The summed E-state index contributed by atoms with van der Waals surface area (Å²) in [5.41, 5.74) is -0.156. The monoisotopic (exact) mass is 557 g/mol. The third kappa shape index (κ3) is 5.10. The predicted molar refractivity (Wildman–Crippen MR) is 118 cm³/mol. The molecule has 0 aliphatic carbocycles. The zero-order valence-corrected chi connectivity index (χ0v) is 19.1. The zero-order valence-electron chi connectivity index (χ0n) is 15.4. The molecule has 1 heterocycles. The molecule has 0 aromatic heterocycles. The van der Waals surface area contributed by atoms with Gasteiger partial charge in [-0.1, -0.05) is 11.6 Å². The van der Waals surface area contributed by atoms with E-state index in [2.05, 4.69) is 32.6 Å². The van der Waals surface area contributed by atoms with Crippen LogP contribution in [0.15, 0.2) is 30.3 Å². The lowest BCUT2D eigenvalue weighted by molar-refractivity contribution is 0.149. The largest absolute Gasteiger partial charge is 0.383 e. The number of nitrogens with zero attached hydrogens (tertiary/aromatic N) is 1. The Balaban J connectivity index is 1.94. The van der Waals surface area contributed by atoms with Crippen LogP contribution in [0.2, 0.25) is 5.02 Å². The first-order valence-corrected chi connectivity index (χ1v) is 11.6. The molecule has 1 aliphatic rings. The molecule has 3 rings (SSSR count). The van der Waals surface area contributed by atoms with Gasteiger partial charge in [0.05, 0.1) is 23.0 Å². The number of ether oxygens (including phenoxy) is 1. The smallest absolute Gasteiger partial charge is 0.302 e. The zero-order chi connectivity index (χ0) is 21.2. The van der Waals surface area contributed by atoms with Gasteiger partial charge in [-0.3, -0.25) is 4.72 Å². The molecule has 2 aromatic rings. The molecule has 1 atom stereocenters. The average Bonchev–Trinajstić information content (AvgIpc) is 3.12. The molecule has 0 bridgehead atoms. The van der Waals surface area contributed by atoms with Gasteiger partial charge in [0.1, 0.15) is 5.69 Å². The van der Waals surface area contributed by atoms with Gasteiger partial charge in [-0.2, -0.15) is 12.7 Å². The lowest BCUT2D eigenvalue weighted by Crippen LogP contribution is -2.41. The Morgan fingerprint density at radius 2 is 2.00 bits per heavy atom. The maximum Gasteiger partial charge on any atom is 0.302 e. The van der Waals surface area contributed by atoms with Crippen molar-refractivity contribution < 1.29 is 21.9 Å². The van der Waals surface area contributed by atoms with Gasteiger partial charge in [0.25, 0.3) is 0 Å². The van der Waals surface area contributed by atoms with Crippen molar-refractivity contribution >= 4 is 61.5 Å². The number of hydrogen-bond acceptors (Lipinski definition) is 4. The molecule has 158 valence electrons. The molecule has 0 radical (unpaired) electrons. The van der Waals surface area contributed by atoms with Gasteiger partial charge in [-0.15, -0.1) is 0 Å². The first kappa shape index (κ1) is 22.5. The SMILES string of the molecule is COCC1CCCN1S(=O)(=O)Nc1ccc(F)c(F)c1Nc1ccc(I)cc1Cl. The molecule has 6 nitrogen and oxygen atoms in total. The highest BCUT2D eigenvalue weighted by Gasteiger charge is 2.35. The summed E-state index contributed by atoms with van der Waals surface area (Å²) in [7, 11) is -2.51. The molecule has 11 heteroatoms. The van der Waals surface area contributed by atoms with Crippen molar-refractivity contribution in [1.29, 1.82) is 0 Å². The summed E-state index contributed by atoms with van der Waals surface area (Å²) in [6.45, 7) is 0.570. The third-order valence-electron chi connectivity index (χ3n) is 4.52. The Bertz CT molecular complexity index is 1010. The molecule has 1 saturated heterocycles. The van der Waals surface area contributed by atoms with Crippen LogP contribution in [0, 0.1) is 15.2 Å². The minimum Gasteiger partial charge on any atom is -0.383 e. The van der Waals surface area contributed by atoms with Gasteiger partial charge in [0, 0.05) is 23.3 Å². The highest BCUT2D eigenvalue weighted by Crippen LogP contribution is 2.35. The van der Waals surface area contributed by atoms with E-state index in [0.717, 1.165) is 9.64 Å². The molecule has 1 unspecified atom stereocenters. The average molecular weight is 558 g/mol. The van der Waals surface area contributed by atoms with Crippen LogP contribution < -0.4 is 10.0 Å². The van der Waals surface area contributed by atoms with E-state index in [4.69, 9.17) is 16.3 Å². The van der Waals surface area contributed by atoms with Crippen LogP contribution in [0.5, 0.6) is 0 Å². The normalized spacial score (nSPS) is 17.5. The number of nitrogens with one attached hydrogen (secondary N) is 2. The standard InChI is InChI=1S/C18H19ClF2IN3O3S/c1-28-10-12-3-2-8-25(12)29(26,27)24-16-7-5-14(20)17(21)18(16)23-15-6-4-11(22)9-13(15)19/h4-7,9,12,23-24H,2-3,8,10H2,1H3. The quantitative estimate of drug-likeness (QED) is 0.483. The summed E-state index contributed by atoms with van der Waals surface area (Å²) in [6, 6.07) is 6.69. The number of hydrogen-bond donors (Lipinski definition) is 2. The number of methoxy groups -OCH3 is 1. The number of benzene rings is 2. The lowest BCUT2D eigenvalue weighted by Gasteiger charge is -2.25. The van der Waals surface area contributed by atoms with Gasteiger partial charge < -0.3 is 10.1 Å². The van der Waals surface area contributed by atoms with E-state index < -0.39 is 21.8 Å². The second-order valence-corrected chi connectivity index (χ2v) is 9.78. The van der Waals surface area contributed by atoms with Crippen molar-refractivity contribution in [2.45, 2.75) is 18.9 Å². The fraction of sp³-hybridized carbons (Fsp3) is 0.333. The summed E-state index contributed by atoms with van der Waals surface area (Å²) >= 11 is 8.24. The molecule has 1 fully saturated rings. The molecular formula is C18H19ClF2IN3O3S. The van der Waals surface area contributed by atoms with Crippen molar-refractivity contribution in [1.82, 2.24) is 4.31 Å². The van der Waals surface area contributed by atoms with Gasteiger partial charge in [0.15, 0.2) is 11.6 Å². The number of rotatable bonds is 7. The summed E-state index contributed by atoms with van der Waals surface area (Å²) in [4.78, 5) is 0. The third-order valence-corrected chi connectivity index (χ3v) is 7.08. The van der Waals surface area contributed by atoms with Gasteiger partial charge in [0.2, 0.25) is 0 Å². The highest BCUT2D eigenvalue weighted by molar-refractivity contribution is 14.1. The fourth-order valence-electron chi connectivity index (χ4n) is 3.17. The van der Waals surface area contributed by atoms with Gasteiger partial charge in [-0.25, -0.2) is 8.78 Å². The molecule has 0 saturated carbocycles. The van der Waals surface area contributed by atoms with E-state index in [0.29, 0.717) is 25.1 Å². The molecule has 0 spiro atoms. The van der Waals surface area contributed by atoms with Crippen LogP contribution >= 0.6 is 34.2 Å². The van der Waals surface area contributed by atoms with Crippen LogP contribution in [0.3, 0.4) is 0 Å². The minimum absolute atomic E-state index is 0.124. The number of halogens is 4. The van der Waals surface area contributed by atoms with Crippen LogP contribution in [0.1, 0.15) is 12.8 Å². The molecule has 2 N–H and O–H groups in total. The Morgan fingerprint density at radius 1 is 1.28 bits per heavy atom. The molecule has 29 heavy (non-hydrogen) atoms. The Morgan fingerprint density at radius 3 is 2.69 bits per heavy atom. The summed E-state index contributed by atoms with van der Waals surface area (Å²) < 4.78 is 63.8. The molecule has 0 amide bonds. The Hall–Kier alpha value is -1.21. The molecule has 1 aliphatic heterocycles. The van der Waals surface area contributed by atoms with Crippen molar-refractivity contribution in [3.8, 4) is 0 Å². The van der Waals surface area contributed by atoms with Crippen LogP contribution in [-0.2, 0) is 14.9 Å². The lowest BCUT2D eigenvalue weighted by atomic mass is 10.2. The maximum atomic E-state index is 14.6. The van der Waals surface area contributed by atoms with Crippen molar-refractivity contribution in [2.75, 3.05) is 30.3 Å². The van der Waals surface area contributed by atoms with E-state index >= 15 is 0 Å². The van der Waals surface area contributed by atoms with Crippen LogP contribution in [0.4, 0.5) is 25.8 Å². The maximum absolute atomic E-state index is 14.6. The van der Waals surface area contributed by atoms with Crippen LogP contribution in [0.25, 0.3) is 0 Å². The number of anilines is 3. The fourth-order valence-corrected chi connectivity index (χ4v) is 5.56. The summed E-state index contributed by atoms with van der Waals surface area (Å²) in [5, 5.41) is 2.99. The van der Waals surface area contributed by atoms with Gasteiger partial charge >= 0.3 is 10.2 Å². The summed E-state index contributed by atoms with van der Waals surface area (Å²) in [6.07, 6.45) is 1.35. The first-order chi connectivity index (χ1) is 13.7. The van der Waals surface area contributed by atoms with E-state index in [1.54, 1.807) is 18.2 Å². The topological polar surface area (TPSA) is 70.7 Å². The second kappa shape index (κ2) is 9.29. The molecule has 2 aromatic carbocycles. The van der Waals surface area contributed by atoms with E-state index in [1.165, 1.54) is 17.5 Å². The highest BCUT2D eigenvalue weighted by atomic mass is 127. The predicted octanol–water partition coefficient (Wildman–Crippen LogP) is 4.73. The first-order valence-electron chi connectivity index (χ1n) is 8.71. The van der Waals surface area contributed by atoms with Crippen LogP contribution in [-0.4, -0.2) is 39.0 Å². The van der Waals surface area contributed by atoms with Gasteiger partial charge in [-0.05, 0) is 65.8 Å². The van der Waals surface area contributed by atoms with E-state index in [1.807, 2.05) is 0 Å². The van der Waals surface area contributed by atoms with E-state index in [-0.39, 0.29) is 29.0 Å². The Kier molecular flexibility index (Phi) is 7.20. The van der Waals surface area contributed by atoms with E-state index in [9.17, 15) is 17.2 Å². The van der Waals surface area contributed by atoms with Crippen molar-refractivity contribution in [3.63, 3.8) is 0 Å².